The molecule has 0 aromatic heterocycles. The Morgan fingerprint density at radius 3 is 2.25 bits per heavy atom. The van der Waals surface area contributed by atoms with Gasteiger partial charge >= 0.3 is 0 Å². The van der Waals surface area contributed by atoms with Crippen LogP contribution in [0.15, 0.2) is 16.6 Å². The Morgan fingerprint density at radius 1 is 1.50 bits per heavy atom. The van der Waals surface area contributed by atoms with Crippen LogP contribution in [0, 0.1) is 0 Å². The monoisotopic (exact) mass is 109 g/mol. The summed E-state index contributed by atoms with van der Waals surface area (Å²) in [6, 6.07) is 0.426. The van der Waals surface area contributed by atoms with E-state index in [0.29, 0.717) is 6.04 Å². The van der Waals surface area contributed by atoms with Gasteiger partial charge in [-0.25, -0.2) is 0 Å². The third-order valence-corrected chi connectivity index (χ3v) is 1.46. The molecule has 1 rings (SSSR count). The number of aliphatic imine (C=N–C) groups is 1. The van der Waals surface area contributed by atoms with Crippen LogP contribution in [0.4, 0.5) is 0 Å². The molecule has 0 aromatic carbocycles. The van der Waals surface area contributed by atoms with Gasteiger partial charge in [-0.1, -0.05) is 6.08 Å². The van der Waals surface area contributed by atoms with Crippen LogP contribution in [0.5, 0.6) is 0 Å². The standard InChI is InChI=1S/C7H11N/c1-5-4-6(2)8-7(5)3/h4,6H,1-3H3. The summed E-state index contributed by atoms with van der Waals surface area (Å²) < 4.78 is 0. The van der Waals surface area contributed by atoms with E-state index < -0.39 is 0 Å². The first-order valence-electron chi connectivity index (χ1n) is 2.93. The van der Waals surface area contributed by atoms with E-state index in [1.165, 1.54) is 11.3 Å². The molecule has 0 amide bonds. The van der Waals surface area contributed by atoms with Gasteiger partial charge in [0.25, 0.3) is 0 Å². The number of hydrogen-bond acceptors (Lipinski definition) is 1. The Hall–Kier alpha value is -0.590. The molecule has 1 aliphatic rings. The van der Waals surface area contributed by atoms with Crippen LogP contribution in [0.2, 0.25) is 0 Å². The summed E-state index contributed by atoms with van der Waals surface area (Å²) in [7, 11) is 0. The van der Waals surface area contributed by atoms with Crippen molar-refractivity contribution in [3.8, 4) is 0 Å². The number of hydrogen-bond donors (Lipinski definition) is 0. The highest BCUT2D eigenvalue weighted by Crippen LogP contribution is 2.10. The maximum Gasteiger partial charge on any atom is 0.0661 e. The van der Waals surface area contributed by atoms with E-state index >= 15 is 0 Å². The van der Waals surface area contributed by atoms with Gasteiger partial charge in [0, 0.05) is 5.71 Å². The zero-order valence-corrected chi connectivity index (χ0v) is 5.60. The molecule has 1 atom stereocenters. The molecule has 0 spiro atoms. The lowest BCUT2D eigenvalue weighted by atomic mass is 10.2. The SMILES string of the molecule is CC1=CC(C)N=C1C. The quantitative estimate of drug-likeness (QED) is 0.449. The summed E-state index contributed by atoms with van der Waals surface area (Å²) >= 11 is 0. The topological polar surface area (TPSA) is 12.4 Å². The van der Waals surface area contributed by atoms with Crippen molar-refractivity contribution in [2.45, 2.75) is 26.8 Å². The zero-order valence-electron chi connectivity index (χ0n) is 5.60. The van der Waals surface area contributed by atoms with Crippen LogP contribution < -0.4 is 0 Å². The van der Waals surface area contributed by atoms with Gasteiger partial charge in [-0.15, -0.1) is 0 Å². The third-order valence-electron chi connectivity index (χ3n) is 1.46. The Kier molecular flexibility index (Phi) is 1.20. The van der Waals surface area contributed by atoms with Gasteiger partial charge in [-0.3, -0.25) is 4.99 Å². The molecular weight excluding hydrogens is 98.1 g/mol. The fourth-order valence-corrected chi connectivity index (χ4v) is 0.927. The second-order valence-electron chi connectivity index (χ2n) is 2.30. The molecule has 1 unspecified atom stereocenters. The van der Waals surface area contributed by atoms with Crippen LogP contribution in [0.3, 0.4) is 0 Å². The zero-order chi connectivity index (χ0) is 6.15. The van der Waals surface area contributed by atoms with Crippen LogP contribution >= 0.6 is 0 Å². The number of nitrogens with zero attached hydrogens (tertiary/aromatic N) is 1. The van der Waals surface area contributed by atoms with E-state index in [4.69, 9.17) is 0 Å². The first-order valence-corrected chi connectivity index (χ1v) is 2.93. The summed E-state index contributed by atoms with van der Waals surface area (Å²) in [5, 5.41) is 0. The van der Waals surface area contributed by atoms with Crippen molar-refractivity contribution in [2.75, 3.05) is 0 Å². The van der Waals surface area contributed by atoms with Crippen molar-refractivity contribution < 1.29 is 0 Å². The second-order valence-corrected chi connectivity index (χ2v) is 2.30. The largest absolute Gasteiger partial charge is 0.283 e. The van der Waals surface area contributed by atoms with E-state index in [9.17, 15) is 0 Å². The average Bonchev–Trinajstić information content (AvgIpc) is 1.85. The van der Waals surface area contributed by atoms with Gasteiger partial charge in [-0.2, -0.15) is 0 Å². The minimum absolute atomic E-state index is 0.426. The molecule has 0 aliphatic carbocycles. The van der Waals surface area contributed by atoms with E-state index in [1.807, 2.05) is 0 Å². The van der Waals surface area contributed by atoms with Gasteiger partial charge in [0.15, 0.2) is 0 Å². The fraction of sp³-hybridized carbons (Fsp3) is 0.571. The molecule has 0 fully saturated rings. The minimum atomic E-state index is 0.426. The maximum absolute atomic E-state index is 4.29. The molecule has 1 nitrogen and oxygen atoms in total. The van der Waals surface area contributed by atoms with Crippen molar-refractivity contribution in [1.82, 2.24) is 0 Å². The molecule has 8 heavy (non-hydrogen) atoms. The van der Waals surface area contributed by atoms with Crippen molar-refractivity contribution in [3.63, 3.8) is 0 Å². The van der Waals surface area contributed by atoms with Crippen LogP contribution in [0.1, 0.15) is 20.8 Å². The third kappa shape index (κ3) is 0.808. The molecule has 0 radical (unpaired) electrons. The average molecular weight is 109 g/mol. The second kappa shape index (κ2) is 1.73. The van der Waals surface area contributed by atoms with Gasteiger partial charge in [0.1, 0.15) is 0 Å². The Balaban J connectivity index is 2.82. The highest BCUT2D eigenvalue weighted by Gasteiger charge is 2.05. The molecule has 0 saturated carbocycles. The van der Waals surface area contributed by atoms with Crippen LogP contribution in [-0.4, -0.2) is 11.8 Å². The lowest BCUT2D eigenvalue weighted by Crippen LogP contribution is -1.86. The molecule has 1 aliphatic heterocycles. The molecule has 0 N–H and O–H groups in total. The number of rotatable bonds is 0. The molecule has 0 saturated heterocycles. The minimum Gasteiger partial charge on any atom is -0.283 e. The van der Waals surface area contributed by atoms with Crippen molar-refractivity contribution in [2.24, 2.45) is 4.99 Å². The number of allylic oxidation sites excluding steroid dienone is 1. The summed E-state index contributed by atoms with van der Waals surface area (Å²) in [4.78, 5) is 4.29. The van der Waals surface area contributed by atoms with E-state index in [-0.39, 0.29) is 0 Å². The first-order chi connectivity index (χ1) is 3.70. The lowest BCUT2D eigenvalue weighted by molar-refractivity contribution is 0.944. The summed E-state index contributed by atoms with van der Waals surface area (Å²) in [6.07, 6.45) is 2.18. The maximum atomic E-state index is 4.29. The summed E-state index contributed by atoms with van der Waals surface area (Å²) in [5.74, 6) is 0. The summed E-state index contributed by atoms with van der Waals surface area (Å²) in [6.45, 7) is 6.25. The molecular formula is C7H11N. The van der Waals surface area contributed by atoms with Crippen molar-refractivity contribution in [3.05, 3.63) is 11.6 Å². The Morgan fingerprint density at radius 2 is 2.12 bits per heavy atom. The molecule has 1 heterocycles. The van der Waals surface area contributed by atoms with Gasteiger partial charge in [0.2, 0.25) is 0 Å². The predicted octanol–water partition coefficient (Wildman–Crippen LogP) is 1.80. The Bertz CT molecular complexity index is 136. The molecule has 44 valence electrons. The van der Waals surface area contributed by atoms with Crippen LogP contribution in [-0.2, 0) is 0 Å². The van der Waals surface area contributed by atoms with Gasteiger partial charge in [-0.05, 0) is 26.3 Å². The molecule has 1 heteroatoms. The summed E-state index contributed by atoms with van der Waals surface area (Å²) in [5.41, 5.74) is 2.52. The smallest absolute Gasteiger partial charge is 0.0661 e. The Labute approximate surface area is 50.1 Å². The highest BCUT2D eigenvalue weighted by atomic mass is 14.8. The van der Waals surface area contributed by atoms with Crippen molar-refractivity contribution in [1.29, 1.82) is 0 Å². The highest BCUT2D eigenvalue weighted by molar-refractivity contribution is 5.99. The van der Waals surface area contributed by atoms with E-state index in [1.54, 1.807) is 0 Å². The van der Waals surface area contributed by atoms with E-state index in [0.717, 1.165) is 0 Å². The molecule has 0 bridgehead atoms. The van der Waals surface area contributed by atoms with Gasteiger partial charge < -0.3 is 0 Å². The van der Waals surface area contributed by atoms with Gasteiger partial charge in [0.05, 0.1) is 6.04 Å². The predicted molar refractivity (Wildman–Crippen MR) is 36.3 cm³/mol. The van der Waals surface area contributed by atoms with E-state index in [2.05, 4.69) is 31.8 Å². The lowest BCUT2D eigenvalue weighted by Gasteiger charge is -1.87. The normalized spacial score (nSPS) is 27.6. The van der Waals surface area contributed by atoms with Crippen LogP contribution in [0.25, 0.3) is 0 Å². The first kappa shape index (κ1) is 5.54. The van der Waals surface area contributed by atoms with Crippen molar-refractivity contribution >= 4 is 5.71 Å². The molecule has 0 aromatic rings. The fourth-order valence-electron chi connectivity index (χ4n) is 0.927.